The zero-order valence-corrected chi connectivity index (χ0v) is 27.7. The van der Waals surface area contributed by atoms with Crippen LogP contribution in [0.25, 0.3) is 11.1 Å². The molecule has 3 aromatic rings. The number of ether oxygens (including phenoxy) is 1. The summed E-state index contributed by atoms with van der Waals surface area (Å²) in [6.07, 6.45) is -1.94. The van der Waals surface area contributed by atoms with Crippen molar-refractivity contribution in [1.29, 1.82) is 0 Å². The molecule has 0 bridgehead atoms. The first-order valence-corrected chi connectivity index (χ1v) is 16.0. The fraction of sp³-hybridized carbons (Fsp3) is 0.333. The minimum absolute atomic E-state index is 0.0246. The van der Waals surface area contributed by atoms with Gasteiger partial charge in [0.2, 0.25) is 17.7 Å². The van der Waals surface area contributed by atoms with E-state index in [4.69, 9.17) is 4.74 Å². The zero-order valence-electron chi connectivity index (χ0n) is 27.7. The van der Waals surface area contributed by atoms with Crippen LogP contribution < -0.4 is 21.3 Å². The first-order chi connectivity index (χ1) is 23.7. The number of phenolic OH excluding ortho intramolecular Hbond substituents is 1. The first kappa shape index (κ1) is 36.9. The number of hydrogen-bond donors (Lipinski definition) is 7. The largest absolute Gasteiger partial charge is 0.508 e. The van der Waals surface area contributed by atoms with Gasteiger partial charge in [0.1, 0.15) is 36.5 Å². The second-order valence-corrected chi connectivity index (χ2v) is 12.4. The number of fused-ring (bicyclic) bond motifs is 3. The van der Waals surface area contributed by atoms with Gasteiger partial charge in [-0.15, -0.1) is 0 Å². The van der Waals surface area contributed by atoms with Crippen molar-refractivity contribution in [3.8, 4) is 16.9 Å². The van der Waals surface area contributed by atoms with Gasteiger partial charge in [0.15, 0.2) is 0 Å². The van der Waals surface area contributed by atoms with Gasteiger partial charge in [-0.25, -0.2) is 4.79 Å². The minimum Gasteiger partial charge on any atom is -0.508 e. The van der Waals surface area contributed by atoms with E-state index in [0.29, 0.717) is 5.56 Å². The van der Waals surface area contributed by atoms with E-state index in [1.807, 2.05) is 48.5 Å². The molecule has 7 N–H and O–H groups in total. The van der Waals surface area contributed by atoms with Crippen molar-refractivity contribution in [1.82, 2.24) is 21.3 Å². The number of carboxylic acids is 2. The topological polar surface area (TPSA) is 220 Å². The van der Waals surface area contributed by atoms with Crippen LogP contribution in [0.15, 0.2) is 72.8 Å². The summed E-state index contributed by atoms with van der Waals surface area (Å²) >= 11 is 0. The highest BCUT2D eigenvalue weighted by atomic mass is 16.5. The number of rotatable bonds is 15. The number of carbonyl (C=O) groups excluding carboxylic acids is 4. The lowest BCUT2D eigenvalue weighted by Crippen LogP contribution is -2.59. The second-order valence-electron chi connectivity index (χ2n) is 12.4. The molecule has 3 aromatic carbocycles. The Kier molecular flexibility index (Phi) is 12.1. The molecule has 0 saturated heterocycles. The van der Waals surface area contributed by atoms with E-state index in [2.05, 4.69) is 21.3 Å². The fourth-order valence-electron chi connectivity index (χ4n) is 5.67. The van der Waals surface area contributed by atoms with Crippen molar-refractivity contribution in [3.05, 3.63) is 89.5 Å². The Balaban J connectivity index is 1.44. The summed E-state index contributed by atoms with van der Waals surface area (Å²) in [5, 5.41) is 38.0. The van der Waals surface area contributed by atoms with Gasteiger partial charge >= 0.3 is 18.0 Å². The highest BCUT2D eigenvalue weighted by Gasteiger charge is 2.34. The molecule has 1 aliphatic carbocycles. The molecule has 0 radical (unpaired) electrons. The molecule has 0 heterocycles. The van der Waals surface area contributed by atoms with Crippen LogP contribution in [0.3, 0.4) is 0 Å². The highest BCUT2D eigenvalue weighted by molar-refractivity contribution is 5.96. The normalized spacial score (nSPS) is 14.2. The number of carboxylic acid groups (broad SMARTS) is 2. The van der Waals surface area contributed by atoms with Gasteiger partial charge in [-0.1, -0.05) is 74.5 Å². The van der Waals surface area contributed by atoms with Gasteiger partial charge in [-0.2, -0.15) is 0 Å². The summed E-state index contributed by atoms with van der Waals surface area (Å²) in [6.45, 7) is 4.39. The number of alkyl carbamates (subject to hydrolysis) is 1. The number of carbonyl (C=O) groups is 6. The van der Waals surface area contributed by atoms with Crippen LogP contribution in [0.2, 0.25) is 0 Å². The van der Waals surface area contributed by atoms with Crippen LogP contribution in [0, 0.1) is 5.92 Å². The van der Waals surface area contributed by atoms with Gasteiger partial charge in [-0.3, -0.25) is 24.0 Å². The Morgan fingerprint density at radius 1 is 0.700 bits per heavy atom. The maximum Gasteiger partial charge on any atom is 0.407 e. The van der Waals surface area contributed by atoms with Crippen molar-refractivity contribution < 1.29 is 48.8 Å². The Morgan fingerprint density at radius 3 is 1.80 bits per heavy atom. The third-order valence-corrected chi connectivity index (χ3v) is 8.32. The zero-order chi connectivity index (χ0) is 36.5. The average molecular weight is 689 g/mol. The maximum absolute atomic E-state index is 13.5. The summed E-state index contributed by atoms with van der Waals surface area (Å²) in [6, 6.07) is 15.7. The Bertz CT molecular complexity index is 1700. The summed E-state index contributed by atoms with van der Waals surface area (Å²) in [4.78, 5) is 76.0. The molecule has 0 unspecified atom stereocenters. The van der Waals surface area contributed by atoms with Crippen molar-refractivity contribution in [2.45, 2.75) is 63.7 Å². The molecule has 4 atom stereocenters. The first-order valence-electron chi connectivity index (χ1n) is 16.0. The van der Waals surface area contributed by atoms with Crippen LogP contribution in [0.4, 0.5) is 4.79 Å². The molecule has 4 rings (SSSR count). The van der Waals surface area contributed by atoms with Gasteiger partial charge in [-0.05, 0) is 52.8 Å². The van der Waals surface area contributed by atoms with Crippen molar-refractivity contribution in [2.75, 3.05) is 6.61 Å². The predicted molar refractivity (Wildman–Crippen MR) is 180 cm³/mol. The lowest BCUT2D eigenvalue weighted by Gasteiger charge is -2.27. The molecule has 1 aliphatic rings. The monoisotopic (exact) mass is 688 g/mol. The number of hydrogen-bond acceptors (Lipinski definition) is 8. The Morgan fingerprint density at radius 2 is 1.26 bits per heavy atom. The standard InChI is InChI=1S/C36H40N4O10/c1-19(2)31(34(46)38-28(32(44)37-20(3)35(47)48)16-21-12-14-22(41)15-13-21)40-33(45)29(17-30(42)43)39-36(49)50-18-27-25-10-6-4-8-23(25)24-9-5-7-11-26(24)27/h4-15,19-20,27-29,31,41H,16-18H2,1-3H3,(H,37,44)(H,38,46)(H,39,49)(H,40,45)(H,42,43)(H,47,48)/t20-,28-,29-,31-/m0/s1. The molecule has 14 nitrogen and oxygen atoms in total. The van der Waals surface area contributed by atoms with E-state index >= 15 is 0 Å². The van der Waals surface area contributed by atoms with E-state index in [9.17, 15) is 44.1 Å². The molecule has 0 aliphatic heterocycles. The van der Waals surface area contributed by atoms with E-state index in [0.717, 1.165) is 22.3 Å². The number of aliphatic carboxylic acids is 2. The lowest BCUT2D eigenvalue weighted by atomic mass is 9.98. The van der Waals surface area contributed by atoms with E-state index in [1.165, 1.54) is 31.2 Å². The fourth-order valence-corrected chi connectivity index (χ4v) is 5.67. The lowest BCUT2D eigenvalue weighted by molar-refractivity contribution is -0.141. The molecule has 14 heteroatoms. The summed E-state index contributed by atoms with van der Waals surface area (Å²) in [5.74, 6) is -6.17. The van der Waals surface area contributed by atoms with E-state index < -0.39 is 72.3 Å². The minimum atomic E-state index is -1.62. The van der Waals surface area contributed by atoms with Gasteiger partial charge in [0, 0.05) is 12.3 Å². The molecule has 264 valence electrons. The number of aromatic hydroxyl groups is 1. The van der Waals surface area contributed by atoms with Gasteiger partial charge in [0.05, 0.1) is 6.42 Å². The molecule has 0 saturated carbocycles. The van der Waals surface area contributed by atoms with Crippen molar-refractivity contribution in [3.63, 3.8) is 0 Å². The van der Waals surface area contributed by atoms with Crippen LogP contribution in [0.5, 0.6) is 5.75 Å². The third kappa shape index (κ3) is 9.36. The van der Waals surface area contributed by atoms with Crippen LogP contribution >= 0.6 is 0 Å². The summed E-state index contributed by atoms with van der Waals surface area (Å²) in [7, 11) is 0. The predicted octanol–water partition coefficient (Wildman–Crippen LogP) is 2.53. The highest BCUT2D eigenvalue weighted by Crippen LogP contribution is 2.44. The van der Waals surface area contributed by atoms with Crippen molar-refractivity contribution >= 4 is 35.8 Å². The number of benzene rings is 3. The van der Waals surface area contributed by atoms with Crippen LogP contribution in [-0.4, -0.2) is 81.8 Å². The number of phenols is 1. The van der Waals surface area contributed by atoms with Crippen LogP contribution in [0.1, 0.15) is 49.8 Å². The quantitative estimate of drug-likeness (QED) is 0.124. The van der Waals surface area contributed by atoms with Crippen molar-refractivity contribution in [2.24, 2.45) is 5.92 Å². The summed E-state index contributed by atoms with van der Waals surface area (Å²) in [5.41, 5.74) is 4.48. The second kappa shape index (κ2) is 16.5. The Labute approximate surface area is 288 Å². The molecule has 0 spiro atoms. The molecule has 4 amide bonds. The molecule has 0 aromatic heterocycles. The summed E-state index contributed by atoms with van der Waals surface area (Å²) < 4.78 is 5.49. The average Bonchev–Trinajstić information content (AvgIpc) is 3.39. The maximum atomic E-state index is 13.5. The third-order valence-electron chi connectivity index (χ3n) is 8.32. The smallest absolute Gasteiger partial charge is 0.407 e. The van der Waals surface area contributed by atoms with Gasteiger partial charge in [0.25, 0.3) is 0 Å². The van der Waals surface area contributed by atoms with Gasteiger partial charge < -0.3 is 41.3 Å². The molecular weight excluding hydrogens is 648 g/mol. The van der Waals surface area contributed by atoms with E-state index in [-0.39, 0.29) is 24.7 Å². The Hall–Kier alpha value is -5.92. The van der Waals surface area contributed by atoms with Crippen LogP contribution in [-0.2, 0) is 35.1 Å². The SMILES string of the molecule is CC(C)[C@H](NC(=O)[C@H](CC(=O)O)NC(=O)OCC1c2ccccc2-c2ccccc21)C(=O)N[C@@H](Cc1ccc(O)cc1)C(=O)N[C@@H](C)C(=O)O. The number of nitrogens with one attached hydrogen (secondary N) is 4. The van der Waals surface area contributed by atoms with E-state index in [1.54, 1.807) is 13.8 Å². The molecule has 0 fully saturated rings. The molecular formula is C36H40N4O10. The molecule has 50 heavy (non-hydrogen) atoms. The number of amides is 4.